The van der Waals surface area contributed by atoms with E-state index in [4.69, 9.17) is 0 Å². The maximum atomic E-state index is 14.4. The van der Waals surface area contributed by atoms with Crippen molar-refractivity contribution < 1.29 is 18.0 Å². The maximum absolute atomic E-state index is 14.4. The Morgan fingerprint density at radius 2 is 2.00 bits per heavy atom. The van der Waals surface area contributed by atoms with Crippen LogP contribution in [0.15, 0.2) is 36.8 Å². The lowest BCUT2D eigenvalue weighted by Crippen LogP contribution is -2.59. The molecule has 4 rings (SSSR count). The van der Waals surface area contributed by atoms with Crippen LogP contribution in [0.1, 0.15) is 0 Å². The number of anilines is 2. The third-order valence-electron chi connectivity index (χ3n) is 4.44. The first-order valence-corrected chi connectivity index (χ1v) is 8.48. The number of alkyl halides is 2. The molecule has 3 aromatic rings. The van der Waals surface area contributed by atoms with E-state index in [9.17, 15) is 18.0 Å². The van der Waals surface area contributed by atoms with E-state index in [1.54, 1.807) is 16.8 Å². The van der Waals surface area contributed by atoms with Gasteiger partial charge in [-0.3, -0.25) is 4.40 Å². The van der Waals surface area contributed by atoms with Crippen molar-refractivity contribution in [3.63, 3.8) is 0 Å². The van der Waals surface area contributed by atoms with Crippen molar-refractivity contribution in [1.82, 2.24) is 19.3 Å². The van der Waals surface area contributed by atoms with Crippen LogP contribution in [0.2, 0.25) is 0 Å². The minimum Gasteiger partial charge on any atom is -0.375 e. The number of carbonyl (C=O) groups excluding carboxylic acids is 1. The molecule has 0 spiro atoms. The molecule has 0 aliphatic carbocycles. The fraction of sp³-hybridized carbons (Fsp3) is 0.278. The Bertz CT molecular complexity index is 1060. The van der Waals surface area contributed by atoms with Crippen molar-refractivity contribution >= 4 is 23.2 Å². The van der Waals surface area contributed by atoms with Gasteiger partial charge in [-0.2, -0.15) is 0 Å². The Labute approximate surface area is 158 Å². The topological polar surface area (TPSA) is 65.8 Å². The van der Waals surface area contributed by atoms with Gasteiger partial charge in [0.05, 0.1) is 30.7 Å². The lowest BCUT2D eigenvalue weighted by atomic mass is 10.1. The Morgan fingerprint density at radius 3 is 2.68 bits per heavy atom. The molecule has 1 aromatic carbocycles. The van der Waals surface area contributed by atoms with E-state index in [0.717, 1.165) is 10.6 Å². The quantitative estimate of drug-likeness (QED) is 0.747. The molecule has 10 heteroatoms. The molecular formula is C18H17F3N6O. The van der Waals surface area contributed by atoms with Crippen LogP contribution >= 0.6 is 0 Å². The van der Waals surface area contributed by atoms with Crippen LogP contribution < -0.4 is 10.2 Å². The number of hydrogen-bond acceptors (Lipinski definition) is 4. The molecule has 2 aromatic heterocycles. The third-order valence-corrected chi connectivity index (χ3v) is 4.44. The van der Waals surface area contributed by atoms with E-state index >= 15 is 0 Å². The van der Waals surface area contributed by atoms with Crippen molar-refractivity contribution in [2.24, 2.45) is 0 Å². The molecule has 1 fully saturated rings. The number of nitrogens with zero attached hydrogens (tertiary/aromatic N) is 5. The first-order valence-electron chi connectivity index (χ1n) is 8.48. The molecule has 0 bridgehead atoms. The molecule has 0 unspecified atom stereocenters. The second-order valence-electron chi connectivity index (χ2n) is 6.88. The fourth-order valence-corrected chi connectivity index (χ4v) is 2.89. The second kappa shape index (κ2) is 6.39. The van der Waals surface area contributed by atoms with Crippen LogP contribution in [0.5, 0.6) is 0 Å². The minimum absolute atomic E-state index is 0.170. The molecule has 0 atom stereocenters. The van der Waals surface area contributed by atoms with Gasteiger partial charge in [0, 0.05) is 37.7 Å². The number of aromatic nitrogens is 3. The summed E-state index contributed by atoms with van der Waals surface area (Å²) in [6, 6.07) is 3.32. The average Bonchev–Trinajstić information content (AvgIpc) is 3.04. The summed E-state index contributed by atoms with van der Waals surface area (Å²) < 4.78 is 41.9. The molecule has 0 saturated carbocycles. The van der Waals surface area contributed by atoms with Gasteiger partial charge in [-0.05, 0) is 18.2 Å². The number of hydrogen-bond donors (Lipinski definition) is 1. The zero-order valence-corrected chi connectivity index (χ0v) is 15.2. The van der Waals surface area contributed by atoms with Gasteiger partial charge in [-0.15, -0.1) is 0 Å². The molecular weight excluding hydrogens is 373 g/mol. The highest BCUT2D eigenvalue weighted by Crippen LogP contribution is 2.29. The summed E-state index contributed by atoms with van der Waals surface area (Å²) in [6.45, 7) is -1.25. The number of rotatable bonds is 3. The summed E-state index contributed by atoms with van der Waals surface area (Å²) in [7, 11) is 3.75. The fourth-order valence-electron chi connectivity index (χ4n) is 2.89. The number of likely N-dealkylation sites (tertiary alicyclic amines) is 1. The van der Waals surface area contributed by atoms with Crippen LogP contribution in [0.25, 0.3) is 17.0 Å². The summed E-state index contributed by atoms with van der Waals surface area (Å²) in [5.74, 6) is -2.97. The largest absolute Gasteiger partial charge is 0.375 e. The van der Waals surface area contributed by atoms with Crippen molar-refractivity contribution in [2.45, 2.75) is 5.92 Å². The molecule has 3 heterocycles. The molecule has 1 aliphatic heterocycles. The molecule has 28 heavy (non-hydrogen) atoms. The van der Waals surface area contributed by atoms with Gasteiger partial charge in [0.25, 0.3) is 5.92 Å². The van der Waals surface area contributed by atoms with E-state index in [-0.39, 0.29) is 11.3 Å². The van der Waals surface area contributed by atoms with Crippen LogP contribution in [0, 0.1) is 5.82 Å². The lowest BCUT2D eigenvalue weighted by molar-refractivity contribution is -0.107. The highest BCUT2D eigenvalue weighted by Gasteiger charge is 2.46. The van der Waals surface area contributed by atoms with E-state index in [0.29, 0.717) is 11.5 Å². The van der Waals surface area contributed by atoms with Gasteiger partial charge >= 0.3 is 6.03 Å². The molecule has 1 N–H and O–H groups in total. The highest BCUT2D eigenvalue weighted by atomic mass is 19.3. The third kappa shape index (κ3) is 3.32. The standard InChI is InChI=1S/C18H17F3N6O/c1-25(2)12-6-22-16-24-15(8-26(16)7-12)13-5-11(3-4-14(13)19)23-17(28)27-9-18(20,21)10-27/h3-8H,9-10H2,1-2H3,(H,23,28). The average molecular weight is 390 g/mol. The highest BCUT2D eigenvalue weighted by molar-refractivity contribution is 5.90. The van der Waals surface area contributed by atoms with E-state index in [2.05, 4.69) is 15.3 Å². The predicted molar refractivity (Wildman–Crippen MR) is 98.2 cm³/mol. The van der Waals surface area contributed by atoms with Crippen LogP contribution in [0.3, 0.4) is 0 Å². The van der Waals surface area contributed by atoms with Crippen molar-refractivity contribution in [2.75, 3.05) is 37.4 Å². The maximum Gasteiger partial charge on any atom is 0.322 e. The summed E-state index contributed by atoms with van der Waals surface area (Å²) in [4.78, 5) is 23.4. The number of nitrogens with one attached hydrogen (secondary N) is 1. The zero-order chi connectivity index (χ0) is 20.1. The second-order valence-corrected chi connectivity index (χ2v) is 6.88. The molecule has 1 saturated heterocycles. The number of carbonyl (C=O) groups is 1. The molecule has 2 amide bonds. The van der Waals surface area contributed by atoms with Crippen LogP contribution in [-0.2, 0) is 0 Å². The van der Waals surface area contributed by atoms with Gasteiger partial charge < -0.3 is 15.1 Å². The zero-order valence-electron chi connectivity index (χ0n) is 15.2. The molecule has 146 valence electrons. The van der Waals surface area contributed by atoms with Crippen molar-refractivity contribution in [3.8, 4) is 11.3 Å². The SMILES string of the molecule is CN(C)c1cnc2nc(-c3cc(NC(=O)N4CC(F)(F)C4)ccc3F)cn2c1. The summed E-state index contributed by atoms with van der Waals surface area (Å²) in [6.07, 6.45) is 5.10. The van der Waals surface area contributed by atoms with E-state index < -0.39 is 30.9 Å². The van der Waals surface area contributed by atoms with Crippen molar-refractivity contribution in [3.05, 3.63) is 42.6 Å². The molecule has 0 radical (unpaired) electrons. The number of benzene rings is 1. The van der Waals surface area contributed by atoms with E-state index in [1.165, 1.54) is 18.2 Å². The van der Waals surface area contributed by atoms with Gasteiger partial charge in [0.2, 0.25) is 5.78 Å². The smallest absolute Gasteiger partial charge is 0.322 e. The van der Waals surface area contributed by atoms with Gasteiger partial charge in [0.1, 0.15) is 5.82 Å². The first-order chi connectivity index (χ1) is 13.2. The monoisotopic (exact) mass is 390 g/mol. The lowest BCUT2D eigenvalue weighted by Gasteiger charge is -2.38. The number of urea groups is 1. The minimum atomic E-state index is -2.85. The van der Waals surface area contributed by atoms with Gasteiger partial charge in [0.15, 0.2) is 0 Å². The van der Waals surface area contributed by atoms with Gasteiger partial charge in [-0.25, -0.2) is 27.9 Å². The predicted octanol–water partition coefficient (Wildman–Crippen LogP) is 3.08. The summed E-state index contributed by atoms with van der Waals surface area (Å²) >= 11 is 0. The number of amides is 2. The Kier molecular flexibility index (Phi) is 4.13. The Balaban J connectivity index is 1.60. The molecule has 7 nitrogen and oxygen atoms in total. The van der Waals surface area contributed by atoms with Crippen LogP contribution in [0.4, 0.5) is 29.3 Å². The number of fused-ring (bicyclic) bond motifs is 1. The van der Waals surface area contributed by atoms with Gasteiger partial charge in [-0.1, -0.05) is 0 Å². The molecule has 1 aliphatic rings. The summed E-state index contributed by atoms with van der Waals surface area (Å²) in [5, 5.41) is 2.51. The number of imidazole rings is 1. The normalized spacial score (nSPS) is 15.4. The number of halogens is 3. The van der Waals surface area contributed by atoms with E-state index in [1.807, 2.05) is 25.2 Å². The Hall–Kier alpha value is -3.30. The first kappa shape index (κ1) is 18.1. The van der Waals surface area contributed by atoms with Crippen LogP contribution in [-0.4, -0.2) is 58.4 Å². The summed E-state index contributed by atoms with van der Waals surface area (Å²) in [5.41, 5.74) is 1.65. The van der Waals surface area contributed by atoms with Crippen molar-refractivity contribution in [1.29, 1.82) is 0 Å². The Morgan fingerprint density at radius 1 is 1.25 bits per heavy atom.